The molecule has 2 heterocycles. The zero-order chi connectivity index (χ0) is 17.4. The van der Waals surface area contributed by atoms with Crippen LogP contribution in [0, 0.1) is 17.2 Å². The second-order valence-electron chi connectivity index (χ2n) is 6.70. The number of morpholine rings is 1. The van der Waals surface area contributed by atoms with Crippen LogP contribution in [-0.2, 0) is 16.1 Å². The number of carbonyl (C=O) groups is 1. The Labute approximate surface area is 145 Å². The molecule has 0 spiro atoms. The highest BCUT2D eigenvalue weighted by Crippen LogP contribution is 2.36. The summed E-state index contributed by atoms with van der Waals surface area (Å²) in [6.07, 6.45) is 3.80. The standard InChI is InChI=1S/C19H19N3O3/c20-9-14-10-21(16-4-2-1-3-15(16)19(14)24)11-18(23)22-7-8-25-12-17(22)13-5-6-13/h1-4,10,13,17H,5-8,11-12H2. The molecule has 2 fully saturated rings. The maximum Gasteiger partial charge on any atom is 0.242 e. The normalized spacial score (nSPS) is 20.4. The number of para-hydroxylation sites is 1. The van der Waals surface area contributed by atoms with Gasteiger partial charge in [0.05, 0.1) is 24.8 Å². The lowest BCUT2D eigenvalue weighted by molar-refractivity contribution is -0.141. The minimum Gasteiger partial charge on any atom is -0.377 e. The first-order valence-corrected chi connectivity index (χ1v) is 8.58. The Balaban J connectivity index is 1.68. The van der Waals surface area contributed by atoms with Crippen molar-refractivity contribution in [3.8, 4) is 6.07 Å². The molecule has 1 aliphatic carbocycles. The summed E-state index contributed by atoms with van der Waals surface area (Å²) in [6.45, 7) is 1.88. The quantitative estimate of drug-likeness (QED) is 0.851. The molecule has 0 bridgehead atoms. The van der Waals surface area contributed by atoms with Crippen LogP contribution in [0.4, 0.5) is 0 Å². The maximum absolute atomic E-state index is 12.9. The average Bonchev–Trinajstić information content (AvgIpc) is 3.49. The number of hydrogen-bond donors (Lipinski definition) is 0. The van der Waals surface area contributed by atoms with E-state index in [2.05, 4.69) is 0 Å². The number of benzene rings is 1. The highest BCUT2D eigenvalue weighted by Gasteiger charge is 2.39. The fourth-order valence-electron chi connectivity index (χ4n) is 3.60. The molecule has 1 saturated heterocycles. The lowest BCUT2D eigenvalue weighted by Gasteiger charge is -2.36. The van der Waals surface area contributed by atoms with Gasteiger partial charge in [-0.25, -0.2) is 0 Å². The third-order valence-corrected chi connectivity index (χ3v) is 5.07. The van der Waals surface area contributed by atoms with Gasteiger partial charge in [0.15, 0.2) is 0 Å². The Bertz CT molecular complexity index is 924. The van der Waals surface area contributed by atoms with Crippen molar-refractivity contribution in [2.24, 2.45) is 5.92 Å². The molecule has 1 atom stereocenters. The molecule has 2 aliphatic rings. The molecule has 0 radical (unpaired) electrons. The van der Waals surface area contributed by atoms with Gasteiger partial charge in [-0.3, -0.25) is 9.59 Å². The number of nitrogens with zero attached hydrogens (tertiary/aromatic N) is 3. The van der Waals surface area contributed by atoms with E-state index in [9.17, 15) is 14.9 Å². The number of fused-ring (bicyclic) bond motifs is 1. The summed E-state index contributed by atoms with van der Waals surface area (Å²) in [4.78, 5) is 27.1. The van der Waals surface area contributed by atoms with E-state index in [1.165, 1.54) is 6.20 Å². The number of pyridine rings is 1. The molecule has 1 saturated carbocycles. The Morgan fingerprint density at radius 1 is 1.32 bits per heavy atom. The predicted octanol–water partition coefficient (Wildman–Crippen LogP) is 1.51. The molecule has 1 unspecified atom stereocenters. The Morgan fingerprint density at radius 3 is 2.88 bits per heavy atom. The van der Waals surface area contributed by atoms with Crippen LogP contribution in [0.1, 0.15) is 18.4 Å². The summed E-state index contributed by atoms with van der Waals surface area (Å²) in [6, 6.07) is 9.19. The Kier molecular flexibility index (Phi) is 4.02. The van der Waals surface area contributed by atoms with Crippen molar-refractivity contribution in [1.82, 2.24) is 9.47 Å². The zero-order valence-electron chi connectivity index (χ0n) is 13.9. The highest BCUT2D eigenvalue weighted by molar-refractivity contribution is 5.83. The monoisotopic (exact) mass is 337 g/mol. The van der Waals surface area contributed by atoms with Gasteiger partial charge in [0.1, 0.15) is 18.2 Å². The minimum absolute atomic E-state index is 0.0119. The largest absolute Gasteiger partial charge is 0.377 e. The van der Waals surface area contributed by atoms with Gasteiger partial charge in [0.25, 0.3) is 0 Å². The van der Waals surface area contributed by atoms with Gasteiger partial charge in [0.2, 0.25) is 11.3 Å². The number of carbonyl (C=O) groups excluding carboxylic acids is 1. The van der Waals surface area contributed by atoms with Crippen molar-refractivity contribution in [2.45, 2.75) is 25.4 Å². The Hall–Kier alpha value is -2.65. The smallest absolute Gasteiger partial charge is 0.242 e. The number of ether oxygens (including phenoxy) is 1. The van der Waals surface area contributed by atoms with E-state index in [1.54, 1.807) is 16.7 Å². The summed E-state index contributed by atoms with van der Waals surface area (Å²) in [5, 5.41) is 9.70. The van der Waals surface area contributed by atoms with Gasteiger partial charge in [-0.1, -0.05) is 12.1 Å². The number of nitriles is 1. The lowest BCUT2D eigenvalue weighted by Crippen LogP contribution is -2.50. The van der Waals surface area contributed by atoms with Crippen molar-refractivity contribution in [2.75, 3.05) is 19.8 Å². The molecule has 6 nitrogen and oxygen atoms in total. The number of hydrogen-bond acceptors (Lipinski definition) is 4. The molecule has 25 heavy (non-hydrogen) atoms. The molecule has 1 amide bonds. The molecule has 4 rings (SSSR count). The first kappa shape index (κ1) is 15.9. The molecule has 1 aliphatic heterocycles. The van der Waals surface area contributed by atoms with Crippen LogP contribution in [0.25, 0.3) is 10.9 Å². The fraction of sp³-hybridized carbons (Fsp3) is 0.421. The summed E-state index contributed by atoms with van der Waals surface area (Å²) in [7, 11) is 0. The van der Waals surface area contributed by atoms with Crippen molar-refractivity contribution in [3.63, 3.8) is 0 Å². The van der Waals surface area contributed by atoms with Gasteiger partial charge < -0.3 is 14.2 Å². The lowest BCUT2D eigenvalue weighted by atomic mass is 10.1. The minimum atomic E-state index is -0.288. The van der Waals surface area contributed by atoms with Gasteiger partial charge in [-0.15, -0.1) is 0 Å². The SMILES string of the molecule is N#Cc1cn(CC(=O)N2CCOCC2C2CC2)c2ccccc2c1=O. The number of amides is 1. The van der Waals surface area contributed by atoms with Crippen molar-refractivity contribution in [3.05, 3.63) is 46.2 Å². The predicted molar refractivity (Wildman–Crippen MR) is 92.0 cm³/mol. The van der Waals surface area contributed by atoms with E-state index in [1.807, 2.05) is 23.1 Å². The van der Waals surface area contributed by atoms with Crippen LogP contribution in [-0.4, -0.2) is 41.2 Å². The van der Waals surface area contributed by atoms with Crippen LogP contribution in [0.3, 0.4) is 0 Å². The third-order valence-electron chi connectivity index (χ3n) is 5.07. The van der Waals surface area contributed by atoms with E-state index >= 15 is 0 Å². The van der Waals surface area contributed by atoms with E-state index < -0.39 is 0 Å². The summed E-state index contributed by atoms with van der Waals surface area (Å²) >= 11 is 0. The molecule has 2 aromatic rings. The zero-order valence-corrected chi connectivity index (χ0v) is 13.9. The molecule has 0 N–H and O–H groups in total. The number of aromatic nitrogens is 1. The molecule has 1 aromatic heterocycles. The second-order valence-corrected chi connectivity index (χ2v) is 6.70. The first-order chi connectivity index (χ1) is 12.2. The van der Waals surface area contributed by atoms with Crippen LogP contribution in [0.15, 0.2) is 35.3 Å². The molecule has 1 aromatic carbocycles. The topological polar surface area (TPSA) is 75.3 Å². The summed E-state index contributed by atoms with van der Waals surface area (Å²) in [5.41, 5.74) is 0.451. The fourth-order valence-corrected chi connectivity index (χ4v) is 3.60. The van der Waals surface area contributed by atoms with E-state index in [4.69, 9.17) is 4.74 Å². The van der Waals surface area contributed by atoms with Gasteiger partial charge in [0, 0.05) is 18.1 Å². The number of rotatable bonds is 3. The van der Waals surface area contributed by atoms with Gasteiger partial charge in [-0.2, -0.15) is 5.26 Å². The molecule has 6 heteroatoms. The molecular weight excluding hydrogens is 318 g/mol. The van der Waals surface area contributed by atoms with Gasteiger partial charge in [-0.05, 0) is 30.9 Å². The van der Waals surface area contributed by atoms with Crippen molar-refractivity contribution < 1.29 is 9.53 Å². The maximum atomic E-state index is 12.9. The molecule has 128 valence electrons. The van der Waals surface area contributed by atoms with Crippen LogP contribution >= 0.6 is 0 Å². The van der Waals surface area contributed by atoms with E-state index in [-0.39, 0.29) is 29.5 Å². The first-order valence-electron chi connectivity index (χ1n) is 8.58. The van der Waals surface area contributed by atoms with Crippen LogP contribution in [0.5, 0.6) is 0 Å². The highest BCUT2D eigenvalue weighted by atomic mass is 16.5. The summed E-state index contributed by atoms with van der Waals surface area (Å²) < 4.78 is 7.27. The average molecular weight is 337 g/mol. The van der Waals surface area contributed by atoms with Gasteiger partial charge >= 0.3 is 0 Å². The van der Waals surface area contributed by atoms with E-state index in [0.717, 1.165) is 12.8 Å². The second kappa shape index (κ2) is 6.34. The van der Waals surface area contributed by atoms with Crippen molar-refractivity contribution in [1.29, 1.82) is 5.26 Å². The van der Waals surface area contributed by atoms with E-state index in [0.29, 0.717) is 36.6 Å². The summed E-state index contributed by atoms with van der Waals surface area (Å²) in [5.74, 6) is 0.558. The third kappa shape index (κ3) is 2.92. The van der Waals surface area contributed by atoms with Crippen molar-refractivity contribution >= 4 is 16.8 Å². The van der Waals surface area contributed by atoms with Crippen LogP contribution < -0.4 is 5.43 Å². The molecular formula is C19H19N3O3. The van der Waals surface area contributed by atoms with Crippen LogP contribution in [0.2, 0.25) is 0 Å². The Morgan fingerprint density at radius 2 is 2.12 bits per heavy atom.